The van der Waals surface area contributed by atoms with Gasteiger partial charge < -0.3 is 20.5 Å². The average Bonchev–Trinajstić information content (AvgIpc) is 2.25. The lowest BCUT2D eigenvalue weighted by molar-refractivity contribution is -0.131. The Morgan fingerprint density at radius 2 is 2.19 bits per heavy atom. The normalized spacial score (nSPS) is 21.0. The molecule has 0 bridgehead atoms. The zero-order chi connectivity index (χ0) is 12.1. The van der Waals surface area contributed by atoms with Crippen molar-refractivity contribution < 1.29 is 19.4 Å². The lowest BCUT2D eigenvalue weighted by Crippen LogP contribution is -2.51. The van der Waals surface area contributed by atoms with Crippen molar-refractivity contribution >= 4 is 12.0 Å². The standard InChI is InChI=1S/C10H14N2O4/c1-7(2-3-9(13)14)8-6-16-5-4-12(8)10(11)15/h2-3,8H,1,4-6H2,(H2,11,15)(H,13,14). The molecule has 1 rings (SSSR count). The minimum absolute atomic E-state index is 0.283. The number of carboxylic acids is 1. The van der Waals surface area contributed by atoms with Crippen molar-refractivity contribution in [3.8, 4) is 0 Å². The number of carbonyl (C=O) groups is 2. The molecular formula is C10H14N2O4. The van der Waals surface area contributed by atoms with Gasteiger partial charge in [0.1, 0.15) is 0 Å². The number of rotatable bonds is 3. The maximum absolute atomic E-state index is 11.1. The van der Waals surface area contributed by atoms with Crippen LogP contribution in [0.3, 0.4) is 0 Å². The Morgan fingerprint density at radius 3 is 2.75 bits per heavy atom. The van der Waals surface area contributed by atoms with Gasteiger partial charge in [0.2, 0.25) is 0 Å². The van der Waals surface area contributed by atoms with E-state index in [-0.39, 0.29) is 12.6 Å². The number of carbonyl (C=O) groups excluding carboxylic acids is 1. The molecule has 0 spiro atoms. The van der Waals surface area contributed by atoms with E-state index in [0.29, 0.717) is 18.7 Å². The summed E-state index contributed by atoms with van der Waals surface area (Å²) < 4.78 is 5.20. The van der Waals surface area contributed by atoms with Gasteiger partial charge in [-0.25, -0.2) is 9.59 Å². The SMILES string of the molecule is C=C(C=CC(=O)O)C1COCCN1C(N)=O. The van der Waals surface area contributed by atoms with E-state index in [1.807, 2.05) is 0 Å². The third kappa shape index (κ3) is 3.09. The Kier molecular flexibility index (Phi) is 4.07. The van der Waals surface area contributed by atoms with Crippen LogP contribution in [-0.2, 0) is 9.53 Å². The number of hydrogen-bond acceptors (Lipinski definition) is 3. The monoisotopic (exact) mass is 226 g/mol. The first-order valence-corrected chi connectivity index (χ1v) is 4.76. The van der Waals surface area contributed by atoms with Gasteiger partial charge in [-0.05, 0) is 5.57 Å². The second-order valence-electron chi connectivity index (χ2n) is 3.37. The van der Waals surface area contributed by atoms with E-state index in [4.69, 9.17) is 15.6 Å². The Labute approximate surface area is 93.0 Å². The highest BCUT2D eigenvalue weighted by Gasteiger charge is 2.26. The molecule has 88 valence electrons. The van der Waals surface area contributed by atoms with Gasteiger partial charge >= 0.3 is 12.0 Å². The third-order valence-electron chi connectivity index (χ3n) is 2.28. The van der Waals surface area contributed by atoms with Gasteiger partial charge in [0.15, 0.2) is 0 Å². The van der Waals surface area contributed by atoms with Crippen molar-refractivity contribution in [2.75, 3.05) is 19.8 Å². The molecule has 1 fully saturated rings. The fraction of sp³-hybridized carbons (Fsp3) is 0.400. The van der Waals surface area contributed by atoms with E-state index >= 15 is 0 Å². The molecule has 0 saturated carbocycles. The molecule has 1 saturated heterocycles. The molecule has 1 heterocycles. The highest BCUT2D eigenvalue weighted by Crippen LogP contribution is 2.14. The zero-order valence-corrected chi connectivity index (χ0v) is 8.76. The van der Waals surface area contributed by atoms with Gasteiger partial charge in [0.05, 0.1) is 19.3 Å². The van der Waals surface area contributed by atoms with Crippen molar-refractivity contribution in [1.29, 1.82) is 0 Å². The molecule has 16 heavy (non-hydrogen) atoms. The van der Waals surface area contributed by atoms with Crippen molar-refractivity contribution in [3.05, 3.63) is 24.3 Å². The molecule has 1 unspecified atom stereocenters. The molecular weight excluding hydrogens is 212 g/mol. The van der Waals surface area contributed by atoms with Crippen LogP contribution < -0.4 is 5.73 Å². The van der Waals surface area contributed by atoms with Crippen LogP contribution in [0, 0.1) is 0 Å². The van der Waals surface area contributed by atoms with Crippen LogP contribution in [0.15, 0.2) is 24.3 Å². The molecule has 1 aliphatic rings. The molecule has 2 amide bonds. The maximum Gasteiger partial charge on any atom is 0.328 e. The number of morpholine rings is 1. The molecule has 0 aromatic heterocycles. The number of carboxylic acid groups (broad SMARTS) is 1. The summed E-state index contributed by atoms with van der Waals surface area (Å²) in [6.45, 7) is 4.80. The smallest absolute Gasteiger partial charge is 0.328 e. The number of nitrogens with two attached hydrogens (primary N) is 1. The number of urea groups is 1. The van der Waals surface area contributed by atoms with Crippen LogP contribution in [0.5, 0.6) is 0 Å². The van der Waals surface area contributed by atoms with Gasteiger partial charge in [-0.3, -0.25) is 0 Å². The van der Waals surface area contributed by atoms with Crippen molar-refractivity contribution in [1.82, 2.24) is 4.90 Å². The summed E-state index contributed by atoms with van der Waals surface area (Å²) in [5.41, 5.74) is 5.69. The molecule has 3 N–H and O–H groups in total. The first kappa shape index (κ1) is 12.3. The fourth-order valence-electron chi connectivity index (χ4n) is 1.46. The minimum Gasteiger partial charge on any atom is -0.478 e. The number of primary amides is 1. The van der Waals surface area contributed by atoms with Gasteiger partial charge in [0.25, 0.3) is 0 Å². The van der Waals surface area contributed by atoms with Gasteiger partial charge in [-0.2, -0.15) is 0 Å². The van der Waals surface area contributed by atoms with Crippen molar-refractivity contribution in [3.63, 3.8) is 0 Å². The number of nitrogens with zero attached hydrogens (tertiary/aromatic N) is 1. The lowest BCUT2D eigenvalue weighted by Gasteiger charge is -2.34. The lowest BCUT2D eigenvalue weighted by atomic mass is 10.1. The number of aliphatic carboxylic acids is 1. The molecule has 0 aromatic carbocycles. The van der Waals surface area contributed by atoms with Crippen molar-refractivity contribution in [2.24, 2.45) is 5.73 Å². The van der Waals surface area contributed by atoms with E-state index in [9.17, 15) is 9.59 Å². The Balaban J connectivity index is 2.71. The van der Waals surface area contributed by atoms with E-state index in [2.05, 4.69) is 6.58 Å². The number of hydrogen-bond donors (Lipinski definition) is 2. The van der Waals surface area contributed by atoms with Gasteiger partial charge in [-0.1, -0.05) is 12.7 Å². The summed E-state index contributed by atoms with van der Waals surface area (Å²) >= 11 is 0. The zero-order valence-electron chi connectivity index (χ0n) is 8.76. The van der Waals surface area contributed by atoms with E-state index < -0.39 is 12.0 Å². The summed E-state index contributed by atoms with van der Waals surface area (Å²) in [6, 6.07) is -0.944. The molecule has 1 aliphatic heterocycles. The Bertz CT molecular complexity index is 338. The second-order valence-corrected chi connectivity index (χ2v) is 3.37. The quantitative estimate of drug-likeness (QED) is 0.521. The predicted octanol–water partition coefficient (Wildman–Crippen LogP) is -0.0371. The summed E-state index contributed by atoms with van der Waals surface area (Å²) in [5.74, 6) is -1.07. The molecule has 6 nitrogen and oxygen atoms in total. The second kappa shape index (κ2) is 5.32. The van der Waals surface area contributed by atoms with Crippen LogP contribution in [0.4, 0.5) is 4.79 Å². The van der Waals surface area contributed by atoms with Crippen LogP contribution >= 0.6 is 0 Å². The third-order valence-corrected chi connectivity index (χ3v) is 2.28. The van der Waals surface area contributed by atoms with Gasteiger partial charge in [0, 0.05) is 12.6 Å². The van der Waals surface area contributed by atoms with E-state index in [1.54, 1.807) is 0 Å². The van der Waals surface area contributed by atoms with Crippen LogP contribution in [0.25, 0.3) is 0 Å². The number of ether oxygens (including phenoxy) is 1. The first-order valence-electron chi connectivity index (χ1n) is 4.76. The fourth-order valence-corrected chi connectivity index (χ4v) is 1.46. The summed E-state index contributed by atoms with van der Waals surface area (Å²) in [6.07, 6.45) is 2.31. The average molecular weight is 226 g/mol. The highest BCUT2D eigenvalue weighted by molar-refractivity contribution is 5.80. The summed E-state index contributed by atoms with van der Waals surface area (Å²) in [5, 5.41) is 8.47. The minimum atomic E-state index is -1.07. The summed E-state index contributed by atoms with van der Waals surface area (Å²) in [7, 11) is 0. The van der Waals surface area contributed by atoms with Crippen LogP contribution in [0.2, 0.25) is 0 Å². The van der Waals surface area contributed by atoms with Crippen LogP contribution in [-0.4, -0.2) is 47.8 Å². The molecule has 1 atom stereocenters. The topological polar surface area (TPSA) is 92.9 Å². The maximum atomic E-state index is 11.1. The summed E-state index contributed by atoms with van der Waals surface area (Å²) in [4.78, 5) is 22.9. The van der Waals surface area contributed by atoms with Crippen LogP contribution in [0.1, 0.15) is 0 Å². The number of amides is 2. The molecule has 0 aliphatic carbocycles. The molecule has 6 heteroatoms. The highest BCUT2D eigenvalue weighted by atomic mass is 16.5. The molecule has 0 aromatic rings. The largest absolute Gasteiger partial charge is 0.478 e. The van der Waals surface area contributed by atoms with Crippen molar-refractivity contribution in [2.45, 2.75) is 6.04 Å². The first-order chi connectivity index (χ1) is 7.52. The Morgan fingerprint density at radius 1 is 1.50 bits per heavy atom. The Hall–Kier alpha value is -1.82. The van der Waals surface area contributed by atoms with Gasteiger partial charge in [-0.15, -0.1) is 0 Å². The molecule has 0 radical (unpaired) electrons. The van der Waals surface area contributed by atoms with E-state index in [1.165, 1.54) is 11.0 Å². The van der Waals surface area contributed by atoms with E-state index in [0.717, 1.165) is 6.08 Å². The predicted molar refractivity (Wildman–Crippen MR) is 56.8 cm³/mol.